The van der Waals surface area contributed by atoms with Crippen molar-refractivity contribution < 1.29 is 18.9 Å². The van der Waals surface area contributed by atoms with Crippen LogP contribution in [0.4, 0.5) is 0 Å². The van der Waals surface area contributed by atoms with Gasteiger partial charge in [-0.15, -0.1) is 0 Å². The molecule has 15 heavy (non-hydrogen) atoms. The van der Waals surface area contributed by atoms with E-state index in [4.69, 9.17) is 14.2 Å². The first kappa shape index (κ1) is 9.38. The molecule has 0 aliphatic rings. The van der Waals surface area contributed by atoms with E-state index in [0.29, 0.717) is 11.3 Å². The fraction of sp³-hybridized carbons (Fsp3) is 0.250. The van der Waals surface area contributed by atoms with Crippen molar-refractivity contribution in [2.75, 3.05) is 0 Å². The molecule has 7 nitrogen and oxygen atoms in total. The van der Waals surface area contributed by atoms with Crippen molar-refractivity contribution in [3.63, 3.8) is 0 Å². The van der Waals surface area contributed by atoms with Crippen LogP contribution in [0.15, 0.2) is 15.3 Å². The summed E-state index contributed by atoms with van der Waals surface area (Å²) in [5.74, 6) is -0.685. The Morgan fingerprint density at radius 3 is 2.93 bits per heavy atom. The second kappa shape index (κ2) is 3.52. The highest BCUT2D eigenvalue weighted by Crippen LogP contribution is 2.18. The first-order valence-corrected chi connectivity index (χ1v) is 4.12. The molecule has 2 aromatic rings. The highest BCUT2D eigenvalue weighted by atomic mass is 16.5. The van der Waals surface area contributed by atoms with Crippen LogP contribution >= 0.6 is 0 Å². The number of aryl methyl sites for hydroxylation is 1. The normalized spacial score (nSPS) is 10.5. The monoisotopic (exact) mass is 209 g/mol. The Bertz CT molecular complexity index is 488. The average molecular weight is 209 g/mol. The van der Waals surface area contributed by atoms with Gasteiger partial charge in [-0.2, -0.15) is 4.98 Å². The molecule has 2 rings (SSSR count). The maximum atomic E-state index is 10.4. The van der Waals surface area contributed by atoms with Crippen LogP contribution in [-0.4, -0.2) is 26.4 Å². The maximum Gasteiger partial charge on any atom is 0.312 e. The van der Waals surface area contributed by atoms with Crippen molar-refractivity contribution in [2.24, 2.45) is 0 Å². The van der Waals surface area contributed by atoms with Crippen LogP contribution in [-0.2, 0) is 11.2 Å². The lowest BCUT2D eigenvalue weighted by Gasteiger charge is -1.85. The number of aromatic nitrogens is 3. The van der Waals surface area contributed by atoms with Gasteiger partial charge in [-0.1, -0.05) is 10.3 Å². The molecule has 0 aliphatic heterocycles. The highest BCUT2D eigenvalue weighted by Gasteiger charge is 2.15. The van der Waals surface area contributed by atoms with Gasteiger partial charge in [0.15, 0.2) is 0 Å². The van der Waals surface area contributed by atoms with Crippen molar-refractivity contribution in [2.45, 2.75) is 13.3 Å². The molecular formula is C8H7N3O4. The van der Waals surface area contributed by atoms with Crippen LogP contribution in [0.2, 0.25) is 0 Å². The number of hydrogen-bond acceptors (Lipinski definition) is 6. The lowest BCUT2D eigenvalue weighted by atomic mass is 10.2. The lowest BCUT2D eigenvalue weighted by Crippen LogP contribution is -1.99. The van der Waals surface area contributed by atoms with Crippen LogP contribution in [0.5, 0.6) is 0 Å². The number of aliphatic carboxylic acids is 1. The van der Waals surface area contributed by atoms with E-state index in [9.17, 15) is 4.79 Å². The molecule has 2 heterocycles. The van der Waals surface area contributed by atoms with E-state index in [2.05, 4.69) is 15.3 Å². The predicted molar refractivity (Wildman–Crippen MR) is 45.9 cm³/mol. The third-order valence-electron chi connectivity index (χ3n) is 1.76. The summed E-state index contributed by atoms with van der Waals surface area (Å²) in [6, 6.07) is 0. The minimum absolute atomic E-state index is 0.0538. The Morgan fingerprint density at radius 1 is 1.53 bits per heavy atom. The summed E-state index contributed by atoms with van der Waals surface area (Å²) in [5.41, 5.74) is 1.22. The van der Waals surface area contributed by atoms with Crippen molar-refractivity contribution in [3.05, 3.63) is 17.8 Å². The Labute approximate surface area is 83.7 Å². The van der Waals surface area contributed by atoms with E-state index in [-0.39, 0.29) is 18.1 Å². The highest BCUT2D eigenvalue weighted by molar-refractivity contribution is 5.69. The Kier molecular flexibility index (Phi) is 2.20. The average Bonchev–Trinajstić information content (AvgIpc) is 2.72. The second-order valence-electron chi connectivity index (χ2n) is 2.90. The molecule has 0 aliphatic carbocycles. The summed E-state index contributed by atoms with van der Waals surface area (Å²) >= 11 is 0. The summed E-state index contributed by atoms with van der Waals surface area (Å²) in [6.07, 6.45) is 1.09. The fourth-order valence-electron chi connectivity index (χ4n) is 1.07. The molecule has 0 bridgehead atoms. The van der Waals surface area contributed by atoms with Gasteiger partial charge in [-0.05, 0) is 6.92 Å². The van der Waals surface area contributed by atoms with Gasteiger partial charge in [0.1, 0.15) is 12.7 Å². The topological polar surface area (TPSA) is 102 Å². The van der Waals surface area contributed by atoms with Gasteiger partial charge in [-0.25, -0.2) is 0 Å². The Morgan fingerprint density at radius 2 is 2.33 bits per heavy atom. The summed E-state index contributed by atoms with van der Waals surface area (Å²) in [4.78, 5) is 14.3. The molecule has 0 saturated carbocycles. The number of carboxylic acid groups (broad SMARTS) is 1. The Balaban J connectivity index is 2.28. The molecule has 0 saturated heterocycles. The molecule has 0 unspecified atom stereocenters. The van der Waals surface area contributed by atoms with Gasteiger partial charge in [0.25, 0.3) is 0 Å². The van der Waals surface area contributed by atoms with Crippen LogP contribution in [0, 0.1) is 6.92 Å². The van der Waals surface area contributed by atoms with Crippen molar-refractivity contribution in [1.29, 1.82) is 0 Å². The molecule has 78 valence electrons. The minimum atomic E-state index is -1.02. The largest absolute Gasteiger partial charge is 0.481 e. The zero-order valence-corrected chi connectivity index (χ0v) is 7.80. The number of nitrogens with zero attached hydrogens (tertiary/aromatic N) is 3. The lowest BCUT2D eigenvalue weighted by molar-refractivity contribution is -0.136. The molecular weight excluding hydrogens is 202 g/mol. The summed E-state index contributed by atoms with van der Waals surface area (Å²) < 4.78 is 9.44. The van der Waals surface area contributed by atoms with E-state index in [1.54, 1.807) is 6.92 Å². The van der Waals surface area contributed by atoms with Gasteiger partial charge in [0.05, 0.1) is 11.3 Å². The number of carboxylic acids is 1. The van der Waals surface area contributed by atoms with Gasteiger partial charge in [0.2, 0.25) is 11.7 Å². The smallest absolute Gasteiger partial charge is 0.312 e. The van der Waals surface area contributed by atoms with E-state index >= 15 is 0 Å². The number of rotatable bonds is 3. The molecule has 2 aromatic heterocycles. The van der Waals surface area contributed by atoms with E-state index in [1.165, 1.54) is 6.26 Å². The standard InChI is InChI=1S/C8H7N3O4/c1-4-5(3-14-10-4)8-9-6(15-11-8)2-7(12)13/h3H,2H2,1H3,(H,12,13). The fourth-order valence-corrected chi connectivity index (χ4v) is 1.07. The van der Waals surface area contributed by atoms with Crippen LogP contribution in [0.1, 0.15) is 11.6 Å². The molecule has 0 aromatic carbocycles. The van der Waals surface area contributed by atoms with Gasteiger partial charge in [0, 0.05) is 0 Å². The number of hydrogen-bond donors (Lipinski definition) is 1. The van der Waals surface area contributed by atoms with Gasteiger partial charge in [-0.3, -0.25) is 4.79 Å². The van der Waals surface area contributed by atoms with Crippen molar-refractivity contribution >= 4 is 5.97 Å². The molecule has 7 heteroatoms. The first-order chi connectivity index (χ1) is 7.16. The predicted octanol–water partition coefficient (Wildman–Crippen LogP) is 0.660. The van der Waals surface area contributed by atoms with Crippen LogP contribution in [0.3, 0.4) is 0 Å². The molecule has 0 amide bonds. The maximum absolute atomic E-state index is 10.4. The molecule has 0 spiro atoms. The molecule has 0 atom stereocenters. The third-order valence-corrected chi connectivity index (χ3v) is 1.76. The Hall–Kier alpha value is -2.18. The zero-order valence-electron chi connectivity index (χ0n) is 7.80. The SMILES string of the molecule is Cc1nocc1-c1noc(CC(=O)O)n1. The summed E-state index contributed by atoms with van der Waals surface area (Å²) in [6.45, 7) is 1.73. The van der Waals surface area contributed by atoms with Crippen LogP contribution < -0.4 is 0 Å². The summed E-state index contributed by atoms with van der Waals surface area (Å²) in [5, 5.41) is 15.8. The minimum Gasteiger partial charge on any atom is -0.481 e. The zero-order chi connectivity index (χ0) is 10.8. The van der Waals surface area contributed by atoms with E-state index in [1.807, 2.05) is 0 Å². The van der Waals surface area contributed by atoms with E-state index in [0.717, 1.165) is 0 Å². The molecule has 1 N–H and O–H groups in total. The first-order valence-electron chi connectivity index (χ1n) is 4.12. The van der Waals surface area contributed by atoms with E-state index < -0.39 is 5.97 Å². The molecule has 0 radical (unpaired) electrons. The van der Waals surface area contributed by atoms with Crippen LogP contribution in [0.25, 0.3) is 11.4 Å². The van der Waals surface area contributed by atoms with Crippen molar-refractivity contribution in [3.8, 4) is 11.4 Å². The summed E-state index contributed by atoms with van der Waals surface area (Å²) in [7, 11) is 0. The quantitative estimate of drug-likeness (QED) is 0.791. The van der Waals surface area contributed by atoms with Gasteiger partial charge < -0.3 is 14.2 Å². The van der Waals surface area contributed by atoms with Crippen molar-refractivity contribution in [1.82, 2.24) is 15.3 Å². The third kappa shape index (κ3) is 1.85. The molecule has 0 fully saturated rings. The van der Waals surface area contributed by atoms with Gasteiger partial charge >= 0.3 is 5.97 Å². The second-order valence-corrected chi connectivity index (χ2v) is 2.90. The number of carbonyl (C=O) groups is 1.